The normalized spacial score (nSPS) is 10.0. The lowest BCUT2D eigenvalue weighted by Gasteiger charge is -2.05. The van der Waals surface area contributed by atoms with Crippen molar-refractivity contribution in [1.29, 1.82) is 0 Å². The minimum Gasteiger partial charge on any atom is -0.481 e. The molecule has 0 radical (unpaired) electrons. The van der Waals surface area contributed by atoms with E-state index in [4.69, 9.17) is 9.94 Å². The zero-order valence-corrected chi connectivity index (χ0v) is 10.8. The van der Waals surface area contributed by atoms with Gasteiger partial charge in [0.05, 0.1) is 19.6 Å². The summed E-state index contributed by atoms with van der Waals surface area (Å²) in [6.45, 7) is -0.0781. The van der Waals surface area contributed by atoms with Gasteiger partial charge in [-0.05, 0) is 5.56 Å². The second-order valence-electron chi connectivity index (χ2n) is 3.92. The number of hydroxylamine groups is 1. The summed E-state index contributed by atoms with van der Waals surface area (Å²) in [5, 5.41) is 10.6. The highest BCUT2D eigenvalue weighted by Gasteiger charge is 2.12. The number of carbonyl (C=O) groups excluding carboxylic acids is 2. The summed E-state index contributed by atoms with van der Waals surface area (Å²) in [5.74, 6) is -2.59. The number of carboxylic acid groups (broad SMARTS) is 1. The van der Waals surface area contributed by atoms with Crippen molar-refractivity contribution in [2.75, 3.05) is 13.1 Å². The number of ketones is 1. The average molecular weight is 280 g/mol. The van der Waals surface area contributed by atoms with Crippen LogP contribution >= 0.6 is 0 Å². The van der Waals surface area contributed by atoms with Crippen molar-refractivity contribution in [2.24, 2.45) is 0 Å². The lowest BCUT2D eigenvalue weighted by atomic mass is 10.2. The fourth-order valence-electron chi connectivity index (χ4n) is 1.29. The van der Waals surface area contributed by atoms with Crippen LogP contribution in [0.3, 0.4) is 0 Å². The van der Waals surface area contributed by atoms with E-state index < -0.39 is 17.7 Å². The molecule has 0 bridgehead atoms. The average Bonchev–Trinajstić information content (AvgIpc) is 2.44. The molecule has 0 aliphatic heterocycles. The van der Waals surface area contributed by atoms with E-state index in [-0.39, 0.29) is 26.1 Å². The fourth-order valence-corrected chi connectivity index (χ4v) is 1.29. The molecule has 7 nitrogen and oxygen atoms in total. The number of nitrogens with one attached hydrogen (secondary N) is 2. The summed E-state index contributed by atoms with van der Waals surface area (Å²) in [6, 6.07) is 9.33. The number of amides is 1. The van der Waals surface area contributed by atoms with Crippen molar-refractivity contribution < 1.29 is 24.3 Å². The Morgan fingerprint density at radius 2 is 1.85 bits per heavy atom. The largest absolute Gasteiger partial charge is 0.481 e. The Bertz CT molecular complexity index is 461. The molecule has 0 aromatic heterocycles. The molecule has 108 valence electrons. The van der Waals surface area contributed by atoms with Crippen LogP contribution in [0.2, 0.25) is 0 Å². The molecule has 0 saturated heterocycles. The molecule has 7 heteroatoms. The highest BCUT2D eigenvalue weighted by atomic mass is 16.6. The third-order valence-corrected chi connectivity index (χ3v) is 2.29. The van der Waals surface area contributed by atoms with Crippen LogP contribution in [0.25, 0.3) is 0 Å². The fraction of sp³-hybridized carbons (Fsp3) is 0.308. The third kappa shape index (κ3) is 6.62. The lowest BCUT2D eigenvalue weighted by molar-refractivity contribution is -0.140. The molecule has 0 fully saturated rings. The van der Waals surface area contributed by atoms with Crippen LogP contribution in [-0.4, -0.2) is 35.9 Å². The first-order chi connectivity index (χ1) is 9.59. The number of carboxylic acids is 1. The van der Waals surface area contributed by atoms with Gasteiger partial charge >= 0.3 is 5.97 Å². The predicted molar refractivity (Wildman–Crippen MR) is 69.5 cm³/mol. The Kier molecular flexibility index (Phi) is 6.94. The minimum atomic E-state index is -1.04. The number of rotatable bonds is 9. The predicted octanol–water partition coefficient (Wildman–Crippen LogP) is -0.132. The van der Waals surface area contributed by atoms with E-state index in [0.29, 0.717) is 0 Å². The van der Waals surface area contributed by atoms with Gasteiger partial charge in [0.2, 0.25) is 5.78 Å². The highest BCUT2D eigenvalue weighted by molar-refractivity contribution is 6.36. The van der Waals surface area contributed by atoms with Crippen molar-refractivity contribution in [3.05, 3.63) is 35.9 Å². The van der Waals surface area contributed by atoms with Gasteiger partial charge in [-0.1, -0.05) is 30.3 Å². The lowest BCUT2D eigenvalue weighted by Crippen LogP contribution is -2.38. The molecule has 0 heterocycles. The molecule has 20 heavy (non-hydrogen) atoms. The number of carbonyl (C=O) groups is 3. The first-order valence-electron chi connectivity index (χ1n) is 6.01. The Morgan fingerprint density at radius 3 is 2.50 bits per heavy atom. The topological polar surface area (TPSA) is 105 Å². The van der Waals surface area contributed by atoms with Gasteiger partial charge in [0, 0.05) is 6.54 Å². The third-order valence-electron chi connectivity index (χ3n) is 2.29. The molecular formula is C13H16N2O5. The number of hydrogen-bond acceptors (Lipinski definition) is 5. The van der Waals surface area contributed by atoms with Gasteiger partial charge in [-0.15, -0.1) is 0 Å². The van der Waals surface area contributed by atoms with Crippen LogP contribution < -0.4 is 10.8 Å². The Morgan fingerprint density at radius 1 is 1.15 bits per heavy atom. The molecule has 1 aromatic carbocycles. The Hall–Kier alpha value is -2.25. The number of aliphatic carboxylic acids is 1. The molecular weight excluding hydrogens is 264 g/mol. The van der Waals surface area contributed by atoms with E-state index in [1.54, 1.807) is 0 Å². The Balaban J connectivity index is 2.13. The standard InChI is InChI=1S/C13H16N2O5/c16-11(13(19)14-7-6-12(17)18)8-15-20-9-10-4-2-1-3-5-10/h1-5,15H,6-9H2,(H,14,19)(H,17,18). The summed E-state index contributed by atoms with van der Waals surface area (Å²) >= 11 is 0. The summed E-state index contributed by atoms with van der Waals surface area (Å²) in [4.78, 5) is 37.8. The summed E-state index contributed by atoms with van der Waals surface area (Å²) in [7, 11) is 0. The van der Waals surface area contributed by atoms with Crippen molar-refractivity contribution in [3.63, 3.8) is 0 Å². The SMILES string of the molecule is O=C(O)CCNC(=O)C(=O)CNOCc1ccccc1. The van der Waals surface area contributed by atoms with Crippen LogP contribution in [-0.2, 0) is 25.8 Å². The van der Waals surface area contributed by atoms with E-state index >= 15 is 0 Å². The highest BCUT2D eigenvalue weighted by Crippen LogP contribution is 1.98. The van der Waals surface area contributed by atoms with Crippen molar-refractivity contribution in [2.45, 2.75) is 13.0 Å². The number of hydrogen-bond donors (Lipinski definition) is 3. The first kappa shape index (κ1) is 15.8. The van der Waals surface area contributed by atoms with Crippen molar-refractivity contribution in [3.8, 4) is 0 Å². The summed E-state index contributed by atoms with van der Waals surface area (Å²) < 4.78 is 0. The van der Waals surface area contributed by atoms with E-state index in [1.165, 1.54) is 0 Å². The van der Waals surface area contributed by atoms with Crippen molar-refractivity contribution in [1.82, 2.24) is 10.8 Å². The quantitative estimate of drug-likeness (QED) is 0.330. The summed E-state index contributed by atoms with van der Waals surface area (Å²) in [6.07, 6.45) is -0.225. The molecule has 0 saturated carbocycles. The first-order valence-corrected chi connectivity index (χ1v) is 6.01. The molecule has 0 unspecified atom stereocenters. The minimum absolute atomic E-state index is 0.0786. The van der Waals surface area contributed by atoms with E-state index in [2.05, 4.69) is 10.8 Å². The van der Waals surface area contributed by atoms with Gasteiger partial charge in [-0.3, -0.25) is 19.2 Å². The number of benzene rings is 1. The zero-order valence-electron chi connectivity index (χ0n) is 10.8. The van der Waals surface area contributed by atoms with Gasteiger partial charge in [0.25, 0.3) is 5.91 Å². The molecule has 0 spiro atoms. The van der Waals surface area contributed by atoms with E-state index in [1.807, 2.05) is 30.3 Å². The van der Waals surface area contributed by atoms with Gasteiger partial charge in [-0.25, -0.2) is 0 Å². The Labute approximate surface area is 115 Å². The van der Waals surface area contributed by atoms with Gasteiger partial charge in [-0.2, -0.15) is 5.48 Å². The second-order valence-corrected chi connectivity index (χ2v) is 3.92. The maximum absolute atomic E-state index is 11.3. The zero-order chi connectivity index (χ0) is 14.8. The van der Waals surface area contributed by atoms with Gasteiger partial charge in [0.1, 0.15) is 0 Å². The van der Waals surface area contributed by atoms with Gasteiger partial charge in [0.15, 0.2) is 0 Å². The molecule has 0 aliphatic carbocycles. The van der Waals surface area contributed by atoms with E-state index in [9.17, 15) is 14.4 Å². The van der Waals surface area contributed by atoms with Crippen LogP contribution in [0.5, 0.6) is 0 Å². The molecule has 1 rings (SSSR count). The van der Waals surface area contributed by atoms with Gasteiger partial charge < -0.3 is 10.4 Å². The maximum Gasteiger partial charge on any atom is 0.305 e. The molecule has 1 aromatic rings. The van der Waals surface area contributed by atoms with Crippen LogP contribution in [0.4, 0.5) is 0 Å². The van der Waals surface area contributed by atoms with Crippen LogP contribution in [0.1, 0.15) is 12.0 Å². The summed E-state index contributed by atoms with van der Waals surface area (Å²) in [5.41, 5.74) is 3.32. The van der Waals surface area contributed by atoms with Crippen molar-refractivity contribution >= 4 is 17.7 Å². The molecule has 3 N–H and O–H groups in total. The smallest absolute Gasteiger partial charge is 0.305 e. The van der Waals surface area contributed by atoms with Crippen LogP contribution in [0.15, 0.2) is 30.3 Å². The van der Waals surface area contributed by atoms with E-state index in [0.717, 1.165) is 5.56 Å². The monoisotopic (exact) mass is 280 g/mol. The molecule has 0 atom stereocenters. The number of Topliss-reactive ketones (excluding diaryl/α,β-unsaturated/α-hetero) is 1. The maximum atomic E-state index is 11.3. The molecule has 0 aliphatic rings. The second kappa shape index (κ2) is 8.78. The van der Waals surface area contributed by atoms with Crippen LogP contribution in [0, 0.1) is 0 Å². The molecule has 1 amide bonds.